The van der Waals surface area contributed by atoms with Gasteiger partial charge in [0.2, 0.25) is 0 Å². The Morgan fingerprint density at radius 2 is 2.36 bits per heavy atom. The molecule has 74 valence electrons. The first-order valence-electron chi connectivity index (χ1n) is 4.60. The van der Waals surface area contributed by atoms with Crippen molar-refractivity contribution >= 4 is 33.5 Å². The second-order valence-corrected chi connectivity index (χ2v) is 5.50. The summed E-state index contributed by atoms with van der Waals surface area (Å²) in [5.41, 5.74) is 2.52. The highest BCUT2D eigenvalue weighted by molar-refractivity contribution is 9.10. The fourth-order valence-electron chi connectivity index (χ4n) is 1.71. The fourth-order valence-corrected chi connectivity index (χ4v) is 3.67. The summed E-state index contributed by atoms with van der Waals surface area (Å²) in [6.07, 6.45) is 1.68. The molecule has 0 atom stereocenters. The molecule has 1 aromatic carbocycles. The molecule has 0 saturated carbocycles. The SMILES string of the molecule is CC(=O)Cc1cc(Br)c2c(c1)CCS2. The van der Waals surface area contributed by atoms with Crippen molar-refractivity contribution in [2.24, 2.45) is 0 Å². The molecule has 14 heavy (non-hydrogen) atoms. The second kappa shape index (κ2) is 4.07. The summed E-state index contributed by atoms with van der Waals surface area (Å²) in [7, 11) is 0. The van der Waals surface area contributed by atoms with E-state index >= 15 is 0 Å². The zero-order valence-electron chi connectivity index (χ0n) is 7.97. The molecule has 0 saturated heterocycles. The molecule has 0 unspecified atom stereocenters. The number of carbonyl (C=O) groups is 1. The van der Waals surface area contributed by atoms with Gasteiger partial charge in [0.15, 0.2) is 0 Å². The molecule has 1 nitrogen and oxygen atoms in total. The first-order valence-corrected chi connectivity index (χ1v) is 6.38. The molecule has 1 aliphatic heterocycles. The van der Waals surface area contributed by atoms with E-state index in [4.69, 9.17) is 0 Å². The van der Waals surface area contributed by atoms with E-state index in [2.05, 4.69) is 28.1 Å². The number of halogens is 1. The molecule has 1 aliphatic rings. The number of thioether (sulfide) groups is 1. The molecule has 0 amide bonds. The van der Waals surface area contributed by atoms with Crippen molar-refractivity contribution < 1.29 is 4.79 Å². The van der Waals surface area contributed by atoms with Gasteiger partial charge >= 0.3 is 0 Å². The van der Waals surface area contributed by atoms with Crippen molar-refractivity contribution in [1.29, 1.82) is 0 Å². The van der Waals surface area contributed by atoms with Gasteiger partial charge in [0.25, 0.3) is 0 Å². The normalized spacial score (nSPS) is 14.1. The number of rotatable bonds is 2. The Morgan fingerprint density at radius 3 is 3.07 bits per heavy atom. The van der Waals surface area contributed by atoms with Crippen LogP contribution in [-0.4, -0.2) is 11.5 Å². The molecular weight excluding hydrogens is 260 g/mol. The Bertz CT molecular complexity index is 387. The minimum absolute atomic E-state index is 0.225. The standard InChI is InChI=1S/C11H11BrOS/c1-7(13)4-8-5-9-2-3-14-11(9)10(12)6-8/h5-6H,2-4H2,1H3. The van der Waals surface area contributed by atoms with E-state index in [1.54, 1.807) is 6.92 Å². The van der Waals surface area contributed by atoms with Gasteiger partial charge in [-0.2, -0.15) is 0 Å². The predicted molar refractivity (Wildman–Crippen MR) is 63.0 cm³/mol. The van der Waals surface area contributed by atoms with Crippen LogP contribution in [-0.2, 0) is 17.6 Å². The summed E-state index contributed by atoms with van der Waals surface area (Å²) >= 11 is 5.45. The lowest BCUT2D eigenvalue weighted by molar-refractivity contribution is -0.116. The summed E-state index contributed by atoms with van der Waals surface area (Å²) in [5.74, 6) is 1.39. The average molecular weight is 271 g/mol. The number of benzene rings is 1. The number of fused-ring (bicyclic) bond motifs is 1. The molecule has 3 heteroatoms. The number of carbonyl (C=O) groups excluding carboxylic acids is 1. The van der Waals surface area contributed by atoms with Gasteiger partial charge in [-0.05, 0) is 46.5 Å². The molecule has 0 N–H and O–H groups in total. The molecule has 1 aromatic rings. The van der Waals surface area contributed by atoms with E-state index in [0.29, 0.717) is 6.42 Å². The van der Waals surface area contributed by atoms with Crippen LogP contribution in [0.5, 0.6) is 0 Å². The van der Waals surface area contributed by atoms with Crippen LogP contribution < -0.4 is 0 Å². The third-order valence-electron chi connectivity index (χ3n) is 2.25. The highest BCUT2D eigenvalue weighted by Gasteiger charge is 2.15. The molecular formula is C11H11BrOS. The highest BCUT2D eigenvalue weighted by Crippen LogP contribution is 2.38. The van der Waals surface area contributed by atoms with Crippen molar-refractivity contribution in [3.63, 3.8) is 0 Å². The minimum Gasteiger partial charge on any atom is -0.300 e. The fraction of sp³-hybridized carbons (Fsp3) is 0.364. The molecule has 0 aromatic heterocycles. The van der Waals surface area contributed by atoms with E-state index in [0.717, 1.165) is 22.2 Å². The summed E-state index contributed by atoms with van der Waals surface area (Å²) in [6, 6.07) is 4.24. The molecule has 1 heterocycles. The lowest BCUT2D eigenvalue weighted by Crippen LogP contribution is -1.97. The minimum atomic E-state index is 0.225. The third kappa shape index (κ3) is 2.04. The van der Waals surface area contributed by atoms with Crippen molar-refractivity contribution in [2.45, 2.75) is 24.7 Å². The third-order valence-corrected chi connectivity index (χ3v) is 4.32. The number of Topliss-reactive ketones (excluding diaryl/α,β-unsaturated/α-hetero) is 1. The molecule has 0 fully saturated rings. The van der Waals surface area contributed by atoms with Crippen LogP contribution in [0.1, 0.15) is 18.1 Å². The summed E-state index contributed by atoms with van der Waals surface area (Å²) in [5, 5.41) is 0. The highest BCUT2D eigenvalue weighted by atomic mass is 79.9. The van der Waals surface area contributed by atoms with E-state index in [-0.39, 0.29) is 5.78 Å². The van der Waals surface area contributed by atoms with Crippen molar-refractivity contribution in [3.8, 4) is 0 Å². The topological polar surface area (TPSA) is 17.1 Å². The number of hydrogen-bond acceptors (Lipinski definition) is 2. The van der Waals surface area contributed by atoms with Gasteiger partial charge in [0, 0.05) is 21.5 Å². The van der Waals surface area contributed by atoms with E-state index in [1.165, 1.54) is 10.5 Å². The van der Waals surface area contributed by atoms with Crippen LogP contribution in [0.25, 0.3) is 0 Å². The summed E-state index contributed by atoms with van der Waals surface area (Å²) < 4.78 is 1.15. The molecule has 0 radical (unpaired) electrons. The van der Waals surface area contributed by atoms with Gasteiger partial charge in [-0.1, -0.05) is 6.07 Å². The average Bonchev–Trinajstić information content (AvgIpc) is 2.50. The summed E-state index contributed by atoms with van der Waals surface area (Å²) in [4.78, 5) is 12.4. The zero-order valence-corrected chi connectivity index (χ0v) is 10.4. The maximum absolute atomic E-state index is 11.0. The number of ketones is 1. The van der Waals surface area contributed by atoms with Gasteiger partial charge in [0.05, 0.1) is 0 Å². The Balaban J connectivity index is 2.36. The molecule has 2 rings (SSSR count). The second-order valence-electron chi connectivity index (χ2n) is 3.54. The monoisotopic (exact) mass is 270 g/mol. The van der Waals surface area contributed by atoms with Gasteiger partial charge in [0.1, 0.15) is 5.78 Å². The Morgan fingerprint density at radius 1 is 1.57 bits per heavy atom. The van der Waals surface area contributed by atoms with Crippen LogP contribution in [0.15, 0.2) is 21.5 Å². The van der Waals surface area contributed by atoms with Crippen LogP contribution in [0.4, 0.5) is 0 Å². The first kappa shape index (κ1) is 10.2. The van der Waals surface area contributed by atoms with Crippen molar-refractivity contribution in [3.05, 3.63) is 27.7 Å². The Hall–Kier alpha value is -0.280. The smallest absolute Gasteiger partial charge is 0.134 e. The van der Waals surface area contributed by atoms with Crippen LogP contribution >= 0.6 is 27.7 Å². The van der Waals surface area contributed by atoms with E-state index in [9.17, 15) is 4.79 Å². The Kier molecular flexibility index (Phi) is 2.98. The van der Waals surface area contributed by atoms with Gasteiger partial charge in [-0.3, -0.25) is 4.79 Å². The van der Waals surface area contributed by atoms with Crippen LogP contribution in [0, 0.1) is 0 Å². The van der Waals surface area contributed by atoms with Crippen molar-refractivity contribution in [1.82, 2.24) is 0 Å². The van der Waals surface area contributed by atoms with E-state index in [1.807, 2.05) is 11.8 Å². The van der Waals surface area contributed by atoms with Crippen LogP contribution in [0.3, 0.4) is 0 Å². The van der Waals surface area contributed by atoms with Gasteiger partial charge in [-0.15, -0.1) is 11.8 Å². The van der Waals surface area contributed by atoms with E-state index < -0.39 is 0 Å². The largest absolute Gasteiger partial charge is 0.300 e. The van der Waals surface area contributed by atoms with Gasteiger partial charge < -0.3 is 0 Å². The quantitative estimate of drug-likeness (QED) is 0.821. The summed E-state index contributed by atoms with van der Waals surface area (Å²) in [6.45, 7) is 1.63. The predicted octanol–water partition coefficient (Wildman–Crippen LogP) is 3.23. The van der Waals surface area contributed by atoms with Crippen molar-refractivity contribution in [2.75, 3.05) is 5.75 Å². The molecule has 0 spiro atoms. The van der Waals surface area contributed by atoms with Crippen LogP contribution in [0.2, 0.25) is 0 Å². The lowest BCUT2D eigenvalue weighted by Gasteiger charge is -2.05. The Labute approximate surface area is 96.4 Å². The number of hydrogen-bond donors (Lipinski definition) is 0. The maximum Gasteiger partial charge on any atom is 0.134 e. The number of aryl methyl sites for hydroxylation is 1. The molecule has 0 aliphatic carbocycles. The van der Waals surface area contributed by atoms with Gasteiger partial charge in [-0.25, -0.2) is 0 Å². The lowest BCUT2D eigenvalue weighted by atomic mass is 10.1. The molecule has 0 bridgehead atoms. The first-order chi connectivity index (χ1) is 6.66. The maximum atomic E-state index is 11.0. The zero-order chi connectivity index (χ0) is 10.1.